The summed E-state index contributed by atoms with van der Waals surface area (Å²) in [5.41, 5.74) is 1.26. The van der Waals surface area contributed by atoms with Gasteiger partial charge in [0.25, 0.3) is 0 Å². The molecule has 2 heteroatoms. The van der Waals surface area contributed by atoms with Crippen LogP contribution in [0.3, 0.4) is 0 Å². The molecule has 1 nitrogen and oxygen atoms in total. The van der Waals surface area contributed by atoms with Crippen molar-refractivity contribution in [2.45, 2.75) is 20.3 Å². The van der Waals surface area contributed by atoms with Gasteiger partial charge in [-0.3, -0.25) is 0 Å². The molecule has 2 aromatic rings. The molecule has 0 saturated carbocycles. The highest BCUT2D eigenvalue weighted by Crippen LogP contribution is 2.29. The van der Waals surface area contributed by atoms with Crippen molar-refractivity contribution in [1.29, 1.82) is 0 Å². The topological polar surface area (TPSA) is 9.23 Å². The van der Waals surface area contributed by atoms with Crippen LogP contribution in [0.25, 0.3) is 10.4 Å². The Bertz CT molecular complexity index is 508. The zero-order valence-corrected chi connectivity index (χ0v) is 11.7. The minimum Gasteiger partial charge on any atom is -0.490 e. The van der Waals surface area contributed by atoms with E-state index in [4.69, 9.17) is 4.74 Å². The van der Waals surface area contributed by atoms with Gasteiger partial charge in [0.05, 0.1) is 0 Å². The molecule has 0 unspecified atom stereocenters. The lowest BCUT2D eigenvalue weighted by Gasteiger charge is -2.04. The van der Waals surface area contributed by atoms with Gasteiger partial charge in [-0.05, 0) is 55.3 Å². The van der Waals surface area contributed by atoms with Crippen molar-refractivity contribution in [2.75, 3.05) is 6.61 Å². The maximum Gasteiger partial charge on any atom is 0.119 e. The van der Waals surface area contributed by atoms with Crippen molar-refractivity contribution in [2.24, 2.45) is 0 Å². The monoisotopic (exact) mass is 258 g/mol. The van der Waals surface area contributed by atoms with Crippen molar-refractivity contribution in [3.63, 3.8) is 0 Å². The lowest BCUT2D eigenvalue weighted by atomic mass is 10.2. The van der Waals surface area contributed by atoms with E-state index in [1.807, 2.05) is 42.5 Å². The van der Waals surface area contributed by atoms with E-state index >= 15 is 0 Å². The Labute approximate surface area is 113 Å². The summed E-state index contributed by atoms with van der Waals surface area (Å²) >= 11 is 1.86. The van der Waals surface area contributed by atoms with E-state index in [2.05, 4.69) is 31.2 Å². The predicted molar refractivity (Wildman–Crippen MR) is 79.4 cm³/mol. The molecule has 0 saturated heterocycles. The summed E-state index contributed by atoms with van der Waals surface area (Å²) < 4.78 is 5.58. The third-order valence-electron chi connectivity index (χ3n) is 2.73. The number of rotatable bonds is 5. The molecule has 1 heterocycles. The lowest BCUT2D eigenvalue weighted by Crippen LogP contribution is -1.92. The minimum absolute atomic E-state index is 0.634. The Morgan fingerprint density at radius 1 is 1.11 bits per heavy atom. The van der Waals surface area contributed by atoms with Crippen LogP contribution in [0.5, 0.6) is 5.75 Å². The van der Waals surface area contributed by atoms with Crippen LogP contribution in [0.1, 0.15) is 18.7 Å². The Morgan fingerprint density at radius 3 is 2.50 bits per heavy atom. The van der Waals surface area contributed by atoms with Crippen LogP contribution < -0.4 is 4.74 Å². The van der Waals surface area contributed by atoms with Gasteiger partial charge in [0.2, 0.25) is 0 Å². The molecule has 0 amide bonds. The molecule has 94 valence electrons. The van der Waals surface area contributed by atoms with Crippen LogP contribution in [0.4, 0.5) is 0 Å². The van der Waals surface area contributed by atoms with E-state index in [9.17, 15) is 0 Å². The maximum atomic E-state index is 5.58. The van der Waals surface area contributed by atoms with E-state index in [1.165, 1.54) is 15.3 Å². The highest BCUT2D eigenvalue weighted by atomic mass is 32.1. The number of benzene rings is 1. The third-order valence-corrected chi connectivity index (χ3v) is 4.01. The average molecular weight is 258 g/mol. The number of allylic oxidation sites excluding steroid dienone is 1. The van der Waals surface area contributed by atoms with Gasteiger partial charge in [-0.25, -0.2) is 0 Å². The fourth-order valence-corrected chi connectivity index (χ4v) is 2.63. The largest absolute Gasteiger partial charge is 0.490 e. The summed E-state index contributed by atoms with van der Waals surface area (Å²) in [4.78, 5) is 2.75. The van der Waals surface area contributed by atoms with Crippen molar-refractivity contribution in [3.05, 3.63) is 53.4 Å². The molecule has 18 heavy (non-hydrogen) atoms. The van der Waals surface area contributed by atoms with Crippen LogP contribution in [0.15, 0.2) is 48.6 Å². The molecular weight excluding hydrogens is 240 g/mol. The average Bonchev–Trinajstić information content (AvgIpc) is 2.89. The van der Waals surface area contributed by atoms with Gasteiger partial charge in [-0.2, -0.15) is 0 Å². The van der Waals surface area contributed by atoms with Crippen LogP contribution >= 0.6 is 11.3 Å². The van der Waals surface area contributed by atoms with Gasteiger partial charge < -0.3 is 4.74 Å². The number of hydrogen-bond donors (Lipinski definition) is 0. The van der Waals surface area contributed by atoms with Crippen molar-refractivity contribution in [3.8, 4) is 16.2 Å². The summed E-state index contributed by atoms with van der Waals surface area (Å²) in [7, 11) is 0. The first-order valence-electron chi connectivity index (χ1n) is 6.26. The van der Waals surface area contributed by atoms with Gasteiger partial charge in [0.15, 0.2) is 0 Å². The summed E-state index contributed by atoms with van der Waals surface area (Å²) in [6.45, 7) is 4.82. The SMILES string of the molecule is CC=CCOc1ccc(-c2ccc(CC)s2)cc1. The van der Waals surface area contributed by atoms with E-state index < -0.39 is 0 Å². The number of aryl methyl sites for hydroxylation is 1. The van der Waals surface area contributed by atoms with Crippen LogP contribution in [-0.4, -0.2) is 6.61 Å². The smallest absolute Gasteiger partial charge is 0.119 e. The van der Waals surface area contributed by atoms with Gasteiger partial charge in [-0.15, -0.1) is 11.3 Å². The second-order valence-electron chi connectivity index (χ2n) is 4.02. The van der Waals surface area contributed by atoms with Crippen molar-refractivity contribution in [1.82, 2.24) is 0 Å². The lowest BCUT2D eigenvalue weighted by molar-refractivity contribution is 0.363. The molecule has 0 atom stereocenters. The maximum absolute atomic E-state index is 5.58. The number of hydrogen-bond acceptors (Lipinski definition) is 2. The van der Waals surface area contributed by atoms with Crippen molar-refractivity contribution < 1.29 is 4.74 Å². The van der Waals surface area contributed by atoms with Crippen molar-refractivity contribution >= 4 is 11.3 Å². The highest BCUT2D eigenvalue weighted by Gasteiger charge is 2.02. The Morgan fingerprint density at radius 2 is 1.89 bits per heavy atom. The minimum atomic E-state index is 0.634. The second-order valence-corrected chi connectivity index (χ2v) is 5.19. The first-order valence-corrected chi connectivity index (χ1v) is 7.08. The Balaban J connectivity index is 2.07. The molecule has 0 radical (unpaired) electrons. The molecule has 0 fully saturated rings. The molecule has 0 N–H and O–H groups in total. The summed E-state index contributed by atoms with van der Waals surface area (Å²) in [6.07, 6.45) is 5.10. The zero-order valence-electron chi connectivity index (χ0n) is 10.8. The van der Waals surface area contributed by atoms with E-state index in [1.54, 1.807) is 0 Å². The molecule has 1 aromatic heterocycles. The number of thiophene rings is 1. The molecule has 2 rings (SSSR count). The summed E-state index contributed by atoms with van der Waals surface area (Å²) in [5.74, 6) is 0.920. The van der Waals surface area contributed by atoms with E-state index in [0.29, 0.717) is 6.61 Å². The first kappa shape index (κ1) is 12.9. The Hall–Kier alpha value is -1.54. The quantitative estimate of drug-likeness (QED) is 0.691. The van der Waals surface area contributed by atoms with Gasteiger partial charge in [-0.1, -0.05) is 19.1 Å². The normalized spacial score (nSPS) is 11.0. The first-order chi connectivity index (χ1) is 8.83. The predicted octanol–water partition coefficient (Wildman–Crippen LogP) is 4.93. The summed E-state index contributed by atoms with van der Waals surface area (Å²) in [6, 6.07) is 12.7. The van der Waals surface area contributed by atoms with Crippen LogP contribution in [-0.2, 0) is 6.42 Å². The van der Waals surface area contributed by atoms with E-state index in [-0.39, 0.29) is 0 Å². The van der Waals surface area contributed by atoms with Gasteiger partial charge >= 0.3 is 0 Å². The van der Waals surface area contributed by atoms with E-state index in [0.717, 1.165) is 12.2 Å². The molecule has 0 spiro atoms. The molecule has 0 aliphatic rings. The molecule has 0 aliphatic heterocycles. The van der Waals surface area contributed by atoms with Crippen LogP contribution in [0, 0.1) is 0 Å². The fourth-order valence-electron chi connectivity index (χ4n) is 1.68. The Kier molecular flexibility index (Phi) is 4.59. The summed E-state index contributed by atoms with van der Waals surface area (Å²) in [5, 5.41) is 0. The highest BCUT2D eigenvalue weighted by molar-refractivity contribution is 7.15. The molecule has 0 aliphatic carbocycles. The second kappa shape index (κ2) is 6.41. The third kappa shape index (κ3) is 3.23. The van der Waals surface area contributed by atoms with Gasteiger partial charge in [0.1, 0.15) is 12.4 Å². The van der Waals surface area contributed by atoms with Gasteiger partial charge in [0, 0.05) is 9.75 Å². The molecule has 1 aromatic carbocycles. The van der Waals surface area contributed by atoms with Crippen LogP contribution in [0.2, 0.25) is 0 Å². The molecule has 0 bridgehead atoms. The zero-order chi connectivity index (χ0) is 12.8. The standard InChI is InChI=1S/C16H18OS/c1-3-5-12-17-14-8-6-13(7-9-14)16-11-10-15(4-2)18-16/h3,5-11H,4,12H2,1-2H3. The number of ether oxygens (including phenoxy) is 1. The fraction of sp³-hybridized carbons (Fsp3) is 0.250. The molecular formula is C16H18OS.